The second-order valence-electron chi connectivity index (χ2n) is 3.26. The van der Waals surface area contributed by atoms with Gasteiger partial charge in [0, 0.05) is 5.56 Å². The first-order valence-corrected chi connectivity index (χ1v) is 4.36. The van der Waals surface area contributed by atoms with Crippen LogP contribution >= 0.6 is 0 Å². The fourth-order valence-electron chi connectivity index (χ4n) is 1.27. The molecule has 0 unspecified atom stereocenters. The zero-order valence-corrected chi connectivity index (χ0v) is 8.13. The van der Waals surface area contributed by atoms with Gasteiger partial charge in [0.1, 0.15) is 5.52 Å². The molecule has 16 heavy (non-hydrogen) atoms. The molecule has 2 rings (SSSR count). The Hall–Kier alpha value is -1.85. The van der Waals surface area contributed by atoms with E-state index in [2.05, 4.69) is 9.40 Å². The predicted octanol–water partition coefficient (Wildman–Crippen LogP) is 3.05. The lowest BCUT2D eigenvalue weighted by Crippen LogP contribution is -2.04. The molecule has 0 aliphatic heterocycles. The number of carbonyl (C=O) groups is 1. The first kappa shape index (κ1) is 10.7. The number of hydrogen-bond donors (Lipinski definition) is 0. The molecule has 0 N–H and O–H groups in total. The van der Waals surface area contributed by atoms with Gasteiger partial charge in [-0.05, 0) is 25.1 Å². The van der Waals surface area contributed by atoms with Crippen molar-refractivity contribution in [3.05, 3.63) is 29.7 Å². The van der Waals surface area contributed by atoms with Crippen molar-refractivity contribution in [3.63, 3.8) is 0 Å². The lowest BCUT2D eigenvalue weighted by atomic mass is 10.1. The van der Waals surface area contributed by atoms with Gasteiger partial charge in [0.15, 0.2) is 11.4 Å². The fourth-order valence-corrected chi connectivity index (χ4v) is 1.27. The number of aromatic nitrogens is 1. The summed E-state index contributed by atoms with van der Waals surface area (Å²) < 4.78 is 41.3. The van der Waals surface area contributed by atoms with Gasteiger partial charge in [-0.15, -0.1) is 0 Å². The second-order valence-corrected chi connectivity index (χ2v) is 3.26. The Kier molecular flexibility index (Phi) is 2.22. The van der Waals surface area contributed by atoms with Crippen LogP contribution < -0.4 is 0 Å². The van der Waals surface area contributed by atoms with Crippen LogP contribution in [0, 0.1) is 0 Å². The van der Waals surface area contributed by atoms with E-state index in [0.29, 0.717) is 5.56 Å². The zero-order valence-electron chi connectivity index (χ0n) is 8.13. The molecule has 84 valence electrons. The molecule has 0 aliphatic rings. The monoisotopic (exact) mass is 229 g/mol. The van der Waals surface area contributed by atoms with Crippen LogP contribution in [-0.4, -0.2) is 10.8 Å². The number of halogens is 3. The largest absolute Gasteiger partial charge is 0.468 e. The summed E-state index contributed by atoms with van der Waals surface area (Å²) >= 11 is 0. The number of Topliss-reactive ketones (excluding diaryl/α,β-unsaturated/α-hetero) is 1. The second kappa shape index (κ2) is 3.33. The Morgan fingerprint density at radius 1 is 1.38 bits per heavy atom. The van der Waals surface area contributed by atoms with Gasteiger partial charge in [-0.3, -0.25) is 4.79 Å². The van der Waals surface area contributed by atoms with Crippen molar-refractivity contribution < 1.29 is 22.4 Å². The van der Waals surface area contributed by atoms with Crippen LogP contribution in [0.2, 0.25) is 0 Å². The van der Waals surface area contributed by atoms with E-state index in [9.17, 15) is 18.0 Å². The summed E-state index contributed by atoms with van der Waals surface area (Å²) in [5.41, 5.74) is 0.340. The highest BCUT2D eigenvalue weighted by atomic mass is 19.4. The van der Waals surface area contributed by atoms with Gasteiger partial charge in [0.2, 0.25) is 0 Å². The average molecular weight is 229 g/mol. The summed E-state index contributed by atoms with van der Waals surface area (Å²) in [6, 6.07) is 3.97. The molecule has 0 fully saturated rings. The van der Waals surface area contributed by atoms with E-state index in [-0.39, 0.29) is 16.9 Å². The van der Waals surface area contributed by atoms with Gasteiger partial charge in [-0.25, -0.2) is 4.98 Å². The quantitative estimate of drug-likeness (QED) is 0.706. The fraction of sp³-hybridized carbons (Fsp3) is 0.200. The number of benzene rings is 1. The molecule has 3 nitrogen and oxygen atoms in total. The predicted molar refractivity (Wildman–Crippen MR) is 49.0 cm³/mol. The summed E-state index contributed by atoms with van der Waals surface area (Å²) in [5, 5.41) is 0. The molecule has 6 heteroatoms. The van der Waals surface area contributed by atoms with E-state index in [0.717, 1.165) is 0 Å². The Morgan fingerprint density at radius 2 is 2.06 bits per heavy atom. The Bertz CT molecular complexity index is 557. The zero-order chi connectivity index (χ0) is 11.9. The number of carbonyl (C=O) groups excluding carboxylic acids is 1. The molecule has 0 bridgehead atoms. The smallest absolute Gasteiger partial charge is 0.433 e. The number of ketones is 1. The van der Waals surface area contributed by atoms with Crippen molar-refractivity contribution in [3.8, 4) is 0 Å². The third kappa shape index (κ3) is 1.78. The summed E-state index contributed by atoms with van der Waals surface area (Å²) in [5.74, 6) is -1.54. The van der Waals surface area contributed by atoms with E-state index in [1.165, 1.54) is 25.1 Å². The first-order valence-electron chi connectivity index (χ1n) is 4.36. The van der Waals surface area contributed by atoms with Crippen molar-refractivity contribution in [2.45, 2.75) is 13.1 Å². The van der Waals surface area contributed by atoms with E-state index >= 15 is 0 Å². The third-order valence-corrected chi connectivity index (χ3v) is 2.04. The number of rotatable bonds is 1. The Balaban J connectivity index is 2.59. The third-order valence-electron chi connectivity index (χ3n) is 2.04. The molecular weight excluding hydrogens is 223 g/mol. The van der Waals surface area contributed by atoms with Crippen LogP contribution in [0.1, 0.15) is 23.2 Å². The van der Waals surface area contributed by atoms with Crippen molar-refractivity contribution in [2.75, 3.05) is 0 Å². The minimum Gasteiger partial charge on any atom is -0.433 e. The van der Waals surface area contributed by atoms with Gasteiger partial charge < -0.3 is 4.42 Å². The topological polar surface area (TPSA) is 43.1 Å². The van der Waals surface area contributed by atoms with Crippen molar-refractivity contribution in [2.24, 2.45) is 0 Å². The lowest BCUT2D eigenvalue weighted by Gasteiger charge is -1.96. The molecule has 0 saturated heterocycles. The summed E-state index contributed by atoms with van der Waals surface area (Å²) in [6.45, 7) is 1.33. The number of fused-ring (bicyclic) bond motifs is 1. The van der Waals surface area contributed by atoms with Gasteiger partial charge in [-0.1, -0.05) is 0 Å². The van der Waals surface area contributed by atoms with Crippen LogP contribution in [-0.2, 0) is 6.18 Å². The summed E-state index contributed by atoms with van der Waals surface area (Å²) in [7, 11) is 0. The van der Waals surface area contributed by atoms with Crippen molar-refractivity contribution >= 4 is 16.9 Å². The Morgan fingerprint density at radius 3 is 2.62 bits per heavy atom. The standard InChI is InChI=1S/C10H6F3NO2/c1-5(15)6-2-3-8-7(4-6)14-9(16-8)10(11,12)13/h2-4H,1H3. The Labute approximate surface area is 87.9 Å². The van der Waals surface area contributed by atoms with Gasteiger partial charge in [0.25, 0.3) is 0 Å². The number of oxazole rings is 1. The maximum absolute atomic E-state index is 12.3. The SMILES string of the molecule is CC(=O)c1ccc2oc(C(F)(F)F)nc2c1. The maximum Gasteiger partial charge on any atom is 0.468 e. The average Bonchev–Trinajstić information content (AvgIpc) is 2.58. The minimum atomic E-state index is -4.62. The van der Waals surface area contributed by atoms with E-state index in [1.807, 2.05) is 0 Å². The number of hydrogen-bond acceptors (Lipinski definition) is 3. The highest BCUT2D eigenvalue weighted by Gasteiger charge is 2.37. The highest BCUT2D eigenvalue weighted by Crippen LogP contribution is 2.31. The van der Waals surface area contributed by atoms with Crippen LogP contribution in [0.4, 0.5) is 13.2 Å². The van der Waals surface area contributed by atoms with Gasteiger partial charge in [-0.2, -0.15) is 13.2 Å². The molecule has 0 spiro atoms. The van der Waals surface area contributed by atoms with Gasteiger partial charge >= 0.3 is 12.1 Å². The molecule has 0 saturated carbocycles. The normalized spacial score (nSPS) is 12.0. The van der Waals surface area contributed by atoms with Crippen molar-refractivity contribution in [1.29, 1.82) is 0 Å². The molecule has 2 aromatic rings. The van der Waals surface area contributed by atoms with Crippen LogP contribution in [0.5, 0.6) is 0 Å². The number of nitrogens with zero attached hydrogens (tertiary/aromatic N) is 1. The highest BCUT2D eigenvalue weighted by molar-refractivity contribution is 5.96. The van der Waals surface area contributed by atoms with E-state index < -0.39 is 12.1 Å². The molecule has 1 aromatic heterocycles. The molecule has 0 amide bonds. The van der Waals surface area contributed by atoms with Gasteiger partial charge in [0.05, 0.1) is 0 Å². The van der Waals surface area contributed by atoms with E-state index in [4.69, 9.17) is 0 Å². The first-order chi connectivity index (χ1) is 7.38. The lowest BCUT2D eigenvalue weighted by molar-refractivity contribution is -0.156. The maximum atomic E-state index is 12.3. The van der Waals surface area contributed by atoms with Crippen LogP contribution in [0.3, 0.4) is 0 Å². The molecule has 1 heterocycles. The van der Waals surface area contributed by atoms with Crippen LogP contribution in [0.15, 0.2) is 22.6 Å². The number of alkyl halides is 3. The molecule has 0 aliphatic carbocycles. The van der Waals surface area contributed by atoms with E-state index in [1.54, 1.807) is 0 Å². The minimum absolute atomic E-state index is 0.0114. The van der Waals surface area contributed by atoms with Crippen LogP contribution in [0.25, 0.3) is 11.1 Å². The molecular formula is C10H6F3NO2. The molecule has 0 atom stereocenters. The molecule has 0 radical (unpaired) electrons. The molecule has 1 aromatic carbocycles. The van der Waals surface area contributed by atoms with Crippen molar-refractivity contribution in [1.82, 2.24) is 4.98 Å². The summed E-state index contributed by atoms with van der Waals surface area (Å²) in [4.78, 5) is 14.3. The summed E-state index contributed by atoms with van der Waals surface area (Å²) in [6.07, 6.45) is -4.62.